The number of aromatic amines is 1. The highest BCUT2D eigenvalue weighted by Crippen LogP contribution is 2.22. The Hall–Kier alpha value is -2.10. The summed E-state index contributed by atoms with van der Waals surface area (Å²) in [6.07, 6.45) is 4.16. The number of H-pyrrole nitrogens is 1. The van der Waals surface area contributed by atoms with Crippen LogP contribution >= 0.6 is 0 Å². The van der Waals surface area contributed by atoms with E-state index >= 15 is 0 Å². The zero-order valence-electron chi connectivity index (χ0n) is 12.2. The van der Waals surface area contributed by atoms with Gasteiger partial charge in [0.05, 0.1) is 17.8 Å². The SMILES string of the molecule is CCc1ccc(C(NC(=O)c2cn[nH]c2)C(C)C)cc1. The van der Waals surface area contributed by atoms with E-state index < -0.39 is 0 Å². The highest BCUT2D eigenvalue weighted by molar-refractivity contribution is 5.93. The summed E-state index contributed by atoms with van der Waals surface area (Å²) in [4.78, 5) is 12.1. The van der Waals surface area contributed by atoms with Gasteiger partial charge in [-0.25, -0.2) is 0 Å². The number of rotatable bonds is 5. The molecule has 0 saturated heterocycles. The van der Waals surface area contributed by atoms with Crippen LogP contribution < -0.4 is 5.32 Å². The molecular weight excluding hydrogens is 250 g/mol. The second-order valence-corrected chi connectivity index (χ2v) is 5.28. The molecule has 0 aliphatic heterocycles. The predicted octanol–water partition coefficient (Wildman–Crippen LogP) is 3.10. The summed E-state index contributed by atoms with van der Waals surface area (Å²) < 4.78 is 0. The molecule has 2 aromatic rings. The molecule has 4 heteroatoms. The number of hydrogen-bond donors (Lipinski definition) is 2. The van der Waals surface area contributed by atoms with Crippen molar-refractivity contribution in [3.8, 4) is 0 Å². The van der Waals surface area contributed by atoms with E-state index in [1.807, 2.05) is 0 Å². The van der Waals surface area contributed by atoms with Crippen LogP contribution in [0.1, 0.15) is 48.3 Å². The van der Waals surface area contributed by atoms with Crippen LogP contribution in [-0.2, 0) is 6.42 Å². The van der Waals surface area contributed by atoms with Gasteiger partial charge >= 0.3 is 0 Å². The van der Waals surface area contributed by atoms with E-state index in [0.717, 1.165) is 12.0 Å². The third kappa shape index (κ3) is 3.26. The second-order valence-electron chi connectivity index (χ2n) is 5.28. The van der Waals surface area contributed by atoms with Crippen LogP contribution in [-0.4, -0.2) is 16.1 Å². The highest BCUT2D eigenvalue weighted by Gasteiger charge is 2.19. The second kappa shape index (κ2) is 6.37. The van der Waals surface area contributed by atoms with Crippen molar-refractivity contribution >= 4 is 5.91 Å². The van der Waals surface area contributed by atoms with E-state index in [-0.39, 0.29) is 11.9 Å². The van der Waals surface area contributed by atoms with Gasteiger partial charge in [-0.2, -0.15) is 5.10 Å². The minimum atomic E-state index is -0.1000. The van der Waals surface area contributed by atoms with Crippen molar-refractivity contribution in [1.29, 1.82) is 0 Å². The summed E-state index contributed by atoms with van der Waals surface area (Å²) in [5, 5.41) is 9.54. The fraction of sp³-hybridized carbons (Fsp3) is 0.375. The number of nitrogens with zero attached hydrogens (tertiary/aromatic N) is 1. The van der Waals surface area contributed by atoms with Crippen LogP contribution in [0.4, 0.5) is 0 Å². The van der Waals surface area contributed by atoms with E-state index in [2.05, 4.69) is 60.6 Å². The van der Waals surface area contributed by atoms with E-state index in [4.69, 9.17) is 0 Å². The van der Waals surface area contributed by atoms with Gasteiger partial charge in [-0.15, -0.1) is 0 Å². The maximum absolute atomic E-state index is 12.1. The molecule has 0 saturated carbocycles. The van der Waals surface area contributed by atoms with Crippen molar-refractivity contribution in [3.63, 3.8) is 0 Å². The number of carbonyl (C=O) groups excluding carboxylic acids is 1. The van der Waals surface area contributed by atoms with Crippen LogP contribution in [0.3, 0.4) is 0 Å². The summed E-state index contributed by atoms with van der Waals surface area (Å²) in [6.45, 7) is 6.34. The van der Waals surface area contributed by atoms with Crippen molar-refractivity contribution in [2.24, 2.45) is 5.92 Å². The van der Waals surface area contributed by atoms with Gasteiger partial charge in [-0.3, -0.25) is 9.89 Å². The van der Waals surface area contributed by atoms with Gasteiger partial charge in [0.25, 0.3) is 5.91 Å². The molecule has 2 N–H and O–H groups in total. The first-order valence-corrected chi connectivity index (χ1v) is 7.00. The van der Waals surface area contributed by atoms with Crippen molar-refractivity contribution in [3.05, 3.63) is 53.3 Å². The molecule has 0 radical (unpaired) electrons. The van der Waals surface area contributed by atoms with Crippen LogP contribution in [0.25, 0.3) is 0 Å². The van der Waals surface area contributed by atoms with Gasteiger partial charge in [0.15, 0.2) is 0 Å². The fourth-order valence-electron chi connectivity index (χ4n) is 2.20. The van der Waals surface area contributed by atoms with Crippen molar-refractivity contribution in [2.75, 3.05) is 0 Å². The lowest BCUT2D eigenvalue weighted by atomic mass is 9.94. The molecule has 20 heavy (non-hydrogen) atoms. The Kier molecular flexibility index (Phi) is 4.56. The third-order valence-corrected chi connectivity index (χ3v) is 3.46. The lowest BCUT2D eigenvalue weighted by Crippen LogP contribution is -2.31. The quantitative estimate of drug-likeness (QED) is 0.878. The highest BCUT2D eigenvalue weighted by atomic mass is 16.1. The average Bonchev–Trinajstić information content (AvgIpc) is 2.98. The van der Waals surface area contributed by atoms with E-state index in [0.29, 0.717) is 11.5 Å². The summed E-state index contributed by atoms with van der Waals surface area (Å²) in [5.74, 6) is 0.218. The number of carbonyl (C=O) groups is 1. The number of amides is 1. The number of aromatic nitrogens is 2. The standard InChI is InChI=1S/C16H21N3O/c1-4-12-5-7-13(8-6-12)15(11(2)3)19-16(20)14-9-17-18-10-14/h5-11,15H,4H2,1-3H3,(H,17,18)(H,19,20). The minimum Gasteiger partial charge on any atom is -0.345 e. The molecule has 2 rings (SSSR count). The monoisotopic (exact) mass is 271 g/mol. The molecule has 1 unspecified atom stereocenters. The Morgan fingerprint density at radius 2 is 2.00 bits per heavy atom. The maximum atomic E-state index is 12.1. The number of nitrogens with one attached hydrogen (secondary N) is 2. The maximum Gasteiger partial charge on any atom is 0.254 e. The molecule has 1 aromatic heterocycles. The molecular formula is C16H21N3O. The van der Waals surface area contributed by atoms with Gasteiger partial charge < -0.3 is 5.32 Å². The molecule has 1 atom stereocenters. The van der Waals surface area contributed by atoms with E-state index in [1.54, 1.807) is 6.20 Å². The van der Waals surface area contributed by atoms with E-state index in [9.17, 15) is 4.79 Å². The van der Waals surface area contributed by atoms with Gasteiger partial charge in [-0.05, 0) is 23.5 Å². The fourth-order valence-corrected chi connectivity index (χ4v) is 2.20. The first kappa shape index (κ1) is 14.3. The molecule has 0 bridgehead atoms. The molecule has 0 aliphatic rings. The first-order valence-electron chi connectivity index (χ1n) is 7.00. The zero-order chi connectivity index (χ0) is 14.5. The van der Waals surface area contributed by atoms with Crippen molar-refractivity contribution < 1.29 is 4.79 Å². The van der Waals surface area contributed by atoms with E-state index in [1.165, 1.54) is 11.8 Å². The van der Waals surface area contributed by atoms with Crippen LogP contribution in [0.5, 0.6) is 0 Å². The van der Waals surface area contributed by atoms with Crippen LogP contribution in [0.15, 0.2) is 36.7 Å². The Labute approximate surface area is 119 Å². The summed E-state index contributed by atoms with van der Waals surface area (Å²) in [7, 11) is 0. The summed E-state index contributed by atoms with van der Waals surface area (Å²) in [5.41, 5.74) is 2.99. The Balaban J connectivity index is 2.16. The minimum absolute atomic E-state index is 0.00306. The predicted molar refractivity (Wildman–Crippen MR) is 79.5 cm³/mol. The molecule has 1 aromatic carbocycles. The molecule has 106 valence electrons. The van der Waals surface area contributed by atoms with Crippen molar-refractivity contribution in [2.45, 2.75) is 33.2 Å². The number of aryl methyl sites for hydroxylation is 1. The van der Waals surface area contributed by atoms with Crippen LogP contribution in [0.2, 0.25) is 0 Å². The average molecular weight is 271 g/mol. The Morgan fingerprint density at radius 1 is 1.30 bits per heavy atom. The smallest absolute Gasteiger partial charge is 0.254 e. The zero-order valence-corrected chi connectivity index (χ0v) is 12.2. The normalized spacial score (nSPS) is 12.4. The molecule has 0 fully saturated rings. The Morgan fingerprint density at radius 3 is 2.50 bits per heavy atom. The number of benzene rings is 1. The molecule has 0 aliphatic carbocycles. The molecule has 1 amide bonds. The lowest BCUT2D eigenvalue weighted by molar-refractivity contribution is 0.0925. The lowest BCUT2D eigenvalue weighted by Gasteiger charge is -2.23. The third-order valence-electron chi connectivity index (χ3n) is 3.46. The van der Waals surface area contributed by atoms with Crippen LogP contribution in [0, 0.1) is 5.92 Å². The summed E-state index contributed by atoms with van der Waals surface area (Å²) in [6, 6.07) is 8.44. The first-order chi connectivity index (χ1) is 9.61. The summed E-state index contributed by atoms with van der Waals surface area (Å²) >= 11 is 0. The van der Waals surface area contributed by atoms with Crippen molar-refractivity contribution in [1.82, 2.24) is 15.5 Å². The Bertz CT molecular complexity index is 544. The van der Waals surface area contributed by atoms with Gasteiger partial charge in [0.1, 0.15) is 0 Å². The van der Waals surface area contributed by atoms with Gasteiger partial charge in [0, 0.05) is 6.20 Å². The molecule has 0 spiro atoms. The van der Waals surface area contributed by atoms with Gasteiger partial charge in [0.2, 0.25) is 0 Å². The van der Waals surface area contributed by atoms with Gasteiger partial charge in [-0.1, -0.05) is 45.0 Å². The topological polar surface area (TPSA) is 57.8 Å². The number of hydrogen-bond acceptors (Lipinski definition) is 2. The molecule has 1 heterocycles. The largest absolute Gasteiger partial charge is 0.345 e. The molecule has 4 nitrogen and oxygen atoms in total.